The van der Waals surface area contributed by atoms with Crippen molar-refractivity contribution in [1.82, 2.24) is 0 Å². The highest BCUT2D eigenvalue weighted by atomic mass is 16.6. The predicted molar refractivity (Wildman–Crippen MR) is 56.0 cm³/mol. The molecule has 1 heterocycles. The molecule has 0 bridgehead atoms. The summed E-state index contributed by atoms with van der Waals surface area (Å²) in [6.07, 6.45) is -0.135. The second-order valence-corrected chi connectivity index (χ2v) is 4.47. The Bertz CT molecular complexity index is 441. The zero-order valence-electron chi connectivity index (χ0n) is 8.57. The van der Waals surface area contributed by atoms with E-state index in [1.165, 1.54) is 0 Å². The number of cyclic esters (lactones) is 1. The first-order valence-electron chi connectivity index (χ1n) is 5.10. The van der Waals surface area contributed by atoms with Gasteiger partial charge in [-0.05, 0) is 5.56 Å². The summed E-state index contributed by atoms with van der Waals surface area (Å²) in [5.41, 5.74) is 1.93. The van der Waals surface area contributed by atoms with Crippen LogP contribution in [0.1, 0.15) is 18.6 Å². The van der Waals surface area contributed by atoms with Gasteiger partial charge in [0.1, 0.15) is 6.10 Å². The lowest BCUT2D eigenvalue weighted by Crippen LogP contribution is -2.10. The minimum atomic E-state index is -0.154. The first-order chi connectivity index (χ1) is 7.15. The van der Waals surface area contributed by atoms with Crippen LogP contribution in [0.15, 0.2) is 42.5 Å². The van der Waals surface area contributed by atoms with Crippen LogP contribution in [0.5, 0.6) is 0 Å². The number of esters is 1. The van der Waals surface area contributed by atoms with E-state index < -0.39 is 0 Å². The third-order valence-corrected chi connectivity index (χ3v) is 3.67. The largest absolute Gasteiger partial charge is 0.456 e. The fourth-order valence-corrected chi connectivity index (χ4v) is 2.59. The van der Waals surface area contributed by atoms with Gasteiger partial charge in [0.2, 0.25) is 0 Å². The molecule has 2 fully saturated rings. The maximum absolute atomic E-state index is 11.5. The summed E-state index contributed by atoms with van der Waals surface area (Å²) in [7, 11) is 0. The zero-order valence-corrected chi connectivity index (χ0v) is 8.57. The van der Waals surface area contributed by atoms with Gasteiger partial charge >= 0.3 is 5.97 Å². The molecule has 1 saturated carbocycles. The van der Waals surface area contributed by atoms with Crippen molar-refractivity contribution < 1.29 is 9.53 Å². The molecule has 2 nitrogen and oxygen atoms in total. The Hall–Kier alpha value is -1.57. The van der Waals surface area contributed by atoms with Crippen LogP contribution in [-0.2, 0) is 9.53 Å². The van der Waals surface area contributed by atoms with E-state index in [1.54, 1.807) is 0 Å². The van der Waals surface area contributed by atoms with Gasteiger partial charge in [-0.3, -0.25) is 4.79 Å². The van der Waals surface area contributed by atoms with E-state index in [0.29, 0.717) is 0 Å². The molecule has 0 unspecified atom stereocenters. The summed E-state index contributed by atoms with van der Waals surface area (Å²) in [4.78, 5) is 11.5. The quantitative estimate of drug-likeness (QED) is 0.514. The third kappa shape index (κ3) is 0.916. The molecule has 3 atom stereocenters. The van der Waals surface area contributed by atoms with Gasteiger partial charge in [-0.25, -0.2) is 0 Å². The Labute approximate surface area is 88.6 Å². The molecular weight excluding hydrogens is 188 g/mol. The van der Waals surface area contributed by atoms with Gasteiger partial charge in [-0.2, -0.15) is 0 Å². The van der Waals surface area contributed by atoms with Gasteiger partial charge in [0.05, 0.1) is 5.92 Å². The molecule has 1 aromatic carbocycles. The van der Waals surface area contributed by atoms with Crippen molar-refractivity contribution in [2.45, 2.75) is 13.0 Å². The fraction of sp³-hybridized carbons (Fsp3) is 0.308. The summed E-state index contributed by atoms with van der Waals surface area (Å²) >= 11 is 0. The van der Waals surface area contributed by atoms with E-state index in [1.807, 2.05) is 30.3 Å². The van der Waals surface area contributed by atoms with E-state index in [4.69, 9.17) is 4.74 Å². The topological polar surface area (TPSA) is 26.3 Å². The molecule has 1 saturated heterocycles. The van der Waals surface area contributed by atoms with Crippen molar-refractivity contribution in [2.75, 3.05) is 0 Å². The smallest absolute Gasteiger partial charge is 0.314 e. The average molecular weight is 200 g/mol. The standard InChI is InChI=1S/C13H12O2/c1-8-10-12(14)15-11(13(8,10)2)9-6-4-3-5-7-9/h3-7,10-11H,1H2,2H3/t10-,11+,13-/m0/s1. The Morgan fingerprint density at radius 2 is 2.00 bits per heavy atom. The molecular formula is C13H12O2. The molecule has 1 aromatic rings. The zero-order chi connectivity index (χ0) is 10.6. The van der Waals surface area contributed by atoms with Crippen LogP contribution < -0.4 is 0 Å². The van der Waals surface area contributed by atoms with E-state index in [-0.39, 0.29) is 23.4 Å². The maximum Gasteiger partial charge on any atom is 0.314 e. The predicted octanol–water partition coefficient (Wildman–Crippen LogP) is 2.48. The van der Waals surface area contributed by atoms with Crippen LogP contribution in [0.2, 0.25) is 0 Å². The molecule has 3 rings (SSSR count). The number of carbonyl (C=O) groups excluding carboxylic acids is 1. The van der Waals surface area contributed by atoms with E-state index in [0.717, 1.165) is 11.1 Å². The molecule has 0 N–H and O–H groups in total. The second-order valence-electron chi connectivity index (χ2n) is 4.47. The lowest BCUT2D eigenvalue weighted by Gasteiger charge is -2.18. The van der Waals surface area contributed by atoms with Crippen molar-refractivity contribution in [3.63, 3.8) is 0 Å². The van der Waals surface area contributed by atoms with Gasteiger partial charge in [0, 0.05) is 5.41 Å². The number of hydrogen-bond acceptors (Lipinski definition) is 2. The average Bonchev–Trinajstić information content (AvgIpc) is 2.66. The van der Waals surface area contributed by atoms with Crippen LogP contribution in [0, 0.1) is 11.3 Å². The summed E-state index contributed by atoms with van der Waals surface area (Å²) in [5, 5.41) is 0. The molecule has 0 radical (unpaired) electrons. The van der Waals surface area contributed by atoms with Crippen molar-refractivity contribution in [3.8, 4) is 0 Å². The van der Waals surface area contributed by atoms with Crippen LogP contribution >= 0.6 is 0 Å². The van der Waals surface area contributed by atoms with Gasteiger partial charge in [0.15, 0.2) is 0 Å². The number of ether oxygens (including phenoxy) is 1. The molecule has 2 heteroatoms. The molecule has 0 aromatic heterocycles. The highest BCUT2D eigenvalue weighted by Crippen LogP contribution is 2.69. The number of carbonyl (C=O) groups is 1. The maximum atomic E-state index is 11.5. The number of fused-ring (bicyclic) bond motifs is 1. The molecule has 0 spiro atoms. The summed E-state index contributed by atoms with van der Waals surface area (Å²) in [6, 6.07) is 9.88. The molecule has 2 aliphatic rings. The van der Waals surface area contributed by atoms with Crippen LogP contribution in [0.4, 0.5) is 0 Å². The molecule has 1 aliphatic carbocycles. The first-order valence-corrected chi connectivity index (χ1v) is 5.10. The highest BCUT2D eigenvalue weighted by Gasteiger charge is 2.70. The van der Waals surface area contributed by atoms with E-state index >= 15 is 0 Å². The minimum Gasteiger partial charge on any atom is -0.456 e. The van der Waals surface area contributed by atoms with Gasteiger partial charge in [-0.1, -0.05) is 49.4 Å². The summed E-state index contributed by atoms with van der Waals surface area (Å²) < 4.78 is 5.38. The lowest BCUT2D eigenvalue weighted by molar-refractivity contribution is -0.144. The van der Waals surface area contributed by atoms with Crippen molar-refractivity contribution in [1.29, 1.82) is 0 Å². The van der Waals surface area contributed by atoms with E-state index in [2.05, 4.69) is 13.5 Å². The van der Waals surface area contributed by atoms with Crippen LogP contribution in [0.25, 0.3) is 0 Å². The first kappa shape index (κ1) is 8.72. The summed E-state index contributed by atoms with van der Waals surface area (Å²) in [5.74, 6) is -0.181. The number of hydrogen-bond donors (Lipinski definition) is 0. The van der Waals surface area contributed by atoms with E-state index in [9.17, 15) is 4.79 Å². The van der Waals surface area contributed by atoms with Gasteiger partial charge in [-0.15, -0.1) is 0 Å². The Morgan fingerprint density at radius 3 is 2.53 bits per heavy atom. The molecule has 1 aliphatic heterocycles. The van der Waals surface area contributed by atoms with Crippen LogP contribution in [0.3, 0.4) is 0 Å². The number of benzene rings is 1. The highest BCUT2D eigenvalue weighted by molar-refractivity contribution is 5.87. The van der Waals surface area contributed by atoms with Gasteiger partial charge in [0.25, 0.3) is 0 Å². The van der Waals surface area contributed by atoms with Crippen LogP contribution in [-0.4, -0.2) is 5.97 Å². The lowest BCUT2D eigenvalue weighted by atomic mass is 9.93. The fourth-order valence-electron chi connectivity index (χ4n) is 2.59. The SMILES string of the molecule is C=C1[C@H]2C(=O)O[C@H](c3ccccc3)[C@@]12C. The molecule has 15 heavy (non-hydrogen) atoms. The van der Waals surface area contributed by atoms with Crippen molar-refractivity contribution in [2.24, 2.45) is 11.3 Å². The van der Waals surface area contributed by atoms with Crippen molar-refractivity contribution in [3.05, 3.63) is 48.0 Å². The third-order valence-electron chi connectivity index (χ3n) is 3.67. The van der Waals surface area contributed by atoms with Crippen molar-refractivity contribution >= 4 is 5.97 Å². The monoisotopic (exact) mass is 200 g/mol. The molecule has 0 amide bonds. The number of rotatable bonds is 1. The second kappa shape index (κ2) is 2.51. The summed E-state index contributed by atoms with van der Waals surface area (Å²) in [6.45, 7) is 6.01. The van der Waals surface area contributed by atoms with Gasteiger partial charge < -0.3 is 4.74 Å². The Kier molecular flexibility index (Phi) is 1.46. The minimum absolute atomic E-state index is 0.0669. The Morgan fingerprint density at radius 1 is 1.33 bits per heavy atom. The Balaban J connectivity index is 2.03. The normalized spacial score (nSPS) is 37.4. The molecule has 76 valence electrons.